The monoisotopic (exact) mass is 1120 g/mol. The van der Waals surface area contributed by atoms with Crippen molar-refractivity contribution in [2.75, 3.05) is 92.9 Å². The molecule has 0 bridgehead atoms. The quantitative estimate of drug-likeness (QED) is 0.0368. The van der Waals surface area contributed by atoms with E-state index in [1.165, 1.54) is 9.88 Å². The molecule has 3 aliphatic rings. The van der Waals surface area contributed by atoms with Crippen LogP contribution in [-0.4, -0.2) is 175 Å². The van der Waals surface area contributed by atoms with Crippen molar-refractivity contribution in [2.24, 2.45) is 0 Å². The van der Waals surface area contributed by atoms with E-state index < -0.39 is 89.0 Å². The van der Waals surface area contributed by atoms with Gasteiger partial charge in [0.2, 0.25) is 0 Å². The molecular formula is C31H52ClF20KO15. The van der Waals surface area contributed by atoms with E-state index in [0.29, 0.717) is 25.2 Å². The van der Waals surface area contributed by atoms with E-state index in [9.17, 15) is 93.2 Å². The van der Waals surface area contributed by atoms with Crippen molar-refractivity contribution in [1.29, 1.82) is 0 Å². The number of rotatable bonds is 21. The van der Waals surface area contributed by atoms with Crippen LogP contribution in [0.5, 0.6) is 0 Å². The van der Waals surface area contributed by atoms with Crippen LogP contribution in [-0.2, 0) is 52.5 Å². The summed E-state index contributed by atoms with van der Waals surface area (Å²) in [5.41, 5.74) is -1.25. The molecule has 68 heavy (non-hydrogen) atoms. The Morgan fingerprint density at radius 1 is 0.559 bits per heavy atom. The van der Waals surface area contributed by atoms with E-state index in [0.717, 1.165) is 19.8 Å². The van der Waals surface area contributed by atoms with Crippen molar-refractivity contribution in [2.45, 2.75) is 108 Å². The molecule has 3 aliphatic heterocycles. The summed E-state index contributed by atoms with van der Waals surface area (Å²) >= 11 is 5.27. The summed E-state index contributed by atoms with van der Waals surface area (Å²) in [7, 11) is 0. The molecule has 0 aromatic carbocycles. The van der Waals surface area contributed by atoms with Crippen molar-refractivity contribution in [3.05, 3.63) is 0 Å². The maximum Gasteiger partial charge on any atom is 1.00 e. The number of aliphatic hydroxyl groups is 3. The second kappa shape index (κ2) is 43.3. The summed E-state index contributed by atoms with van der Waals surface area (Å²) in [6.45, 7) is 5.82. The molecular weight excluding hydrogens is 1070 g/mol. The molecule has 3 N–H and O–H groups in total. The minimum absolute atomic E-state index is 0. The van der Waals surface area contributed by atoms with Gasteiger partial charge in [0.1, 0.15) is 25.6 Å². The topological polar surface area (TPSA) is 195 Å². The molecule has 0 spiro atoms. The van der Waals surface area contributed by atoms with Gasteiger partial charge in [-0.05, 0) is 29.8 Å². The Balaban J connectivity index is -0.000000129. The fourth-order valence-electron chi connectivity index (χ4n) is 1.62. The minimum Gasteiger partial charge on any atom is -0.850 e. The number of aliphatic hydroxyl groups excluding tert-OH is 2. The van der Waals surface area contributed by atoms with Gasteiger partial charge >= 0.3 is 88.4 Å². The maximum absolute atomic E-state index is 12.0. The van der Waals surface area contributed by atoms with Crippen LogP contribution in [0.15, 0.2) is 0 Å². The van der Waals surface area contributed by atoms with Gasteiger partial charge in [-0.15, -0.1) is 44.6 Å². The molecule has 0 aliphatic carbocycles. The van der Waals surface area contributed by atoms with E-state index in [4.69, 9.17) is 45.9 Å². The minimum atomic E-state index is -6.04. The molecule has 15 nitrogen and oxygen atoms in total. The number of ether oxygens (including phenoxy) is 9. The summed E-state index contributed by atoms with van der Waals surface area (Å²) in [5.74, 6) is 0.667. The standard InChI is InChI=1S/C5H9FO2.2C4H2F8O3.C4H7FO2.C4H10O.C4H9O.C3H5ClO.C2H5FO.CH3FO.K/c6-1-2-7-3-5-4-8-5;2*5-1-13-4(10,11)14-2(6,7)3(8,9)15-12;5-3-6-1-4-2-7-4;2*1-4(2,3)5;4-1-3-2-5-3;3-1-2-4;2-1-3;/h5H,1-4H2;2*1H2;4H,1-3H2;5H,1-3H3;1-3H3;3H,1-2H2;4H,1-2H2;3H,1H2;/q;;;;;-1;;;;+1. The fourth-order valence-corrected chi connectivity index (χ4v) is 1.80. The molecule has 3 unspecified atom stereocenters. The average Bonchev–Trinajstić information content (AvgIpc) is 4.01. The number of epoxide rings is 3. The first kappa shape index (κ1) is 82.0. The Morgan fingerprint density at radius 2 is 0.824 bits per heavy atom. The third-order valence-corrected chi connectivity index (χ3v) is 4.52. The second-order valence-electron chi connectivity index (χ2n) is 12.9. The van der Waals surface area contributed by atoms with Crippen molar-refractivity contribution in [3.8, 4) is 0 Å². The molecule has 3 rings (SSSR count). The van der Waals surface area contributed by atoms with E-state index in [-0.39, 0.29) is 76.8 Å². The number of alkyl halides is 19. The van der Waals surface area contributed by atoms with Crippen molar-refractivity contribution in [3.63, 3.8) is 0 Å². The Labute approximate surface area is 422 Å². The van der Waals surface area contributed by atoms with Crippen LogP contribution in [0, 0.1) is 0 Å². The van der Waals surface area contributed by atoms with E-state index >= 15 is 0 Å². The van der Waals surface area contributed by atoms with Gasteiger partial charge in [-0.1, -0.05) is 20.8 Å². The predicted octanol–water partition coefficient (Wildman–Crippen LogP) is 4.27. The summed E-state index contributed by atoms with van der Waals surface area (Å²) in [6.07, 6.45) is -33.9. The fraction of sp³-hybridized carbons (Fsp3) is 1.00. The molecule has 37 heteroatoms. The third-order valence-electron chi connectivity index (χ3n) is 4.18. The first-order valence-corrected chi connectivity index (χ1v) is 17.9. The van der Waals surface area contributed by atoms with Crippen molar-refractivity contribution in [1.82, 2.24) is 0 Å². The van der Waals surface area contributed by atoms with Gasteiger partial charge in [0, 0.05) is 0 Å². The molecule has 0 aromatic rings. The molecule has 0 aromatic heterocycles. The molecule has 3 saturated heterocycles. The van der Waals surface area contributed by atoms with Crippen LogP contribution >= 0.6 is 11.6 Å². The van der Waals surface area contributed by atoms with Gasteiger partial charge in [0.15, 0.2) is 27.4 Å². The number of hydrogen-bond donors (Lipinski definition) is 3. The predicted molar refractivity (Wildman–Crippen MR) is 182 cm³/mol. The third kappa shape index (κ3) is 65.9. The van der Waals surface area contributed by atoms with Crippen LogP contribution in [0.1, 0.15) is 41.5 Å². The Morgan fingerprint density at radius 3 is 0.985 bits per heavy atom. The van der Waals surface area contributed by atoms with Gasteiger partial charge in [-0.3, -0.25) is 9.47 Å². The Hall–Kier alpha value is -0.0736. The van der Waals surface area contributed by atoms with Crippen LogP contribution in [0.3, 0.4) is 0 Å². The molecule has 3 heterocycles. The van der Waals surface area contributed by atoms with Crippen molar-refractivity contribution >= 4 is 11.6 Å². The van der Waals surface area contributed by atoms with Gasteiger partial charge in [-0.2, -0.15) is 35.1 Å². The zero-order chi connectivity index (χ0) is 54.4. The first-order chi connectivity index (χ1) is 30.3. The average molecular weight is 1120 g/mol. The second-order valence-corrected chi connectivity index (χ2v) is 13.2. The summed E-state index contributed by atoms with van der Waals surface area (Å²) in [5, 5.41) is 33.0. The molecule has 0 saturated carbocycles. The van der Waals surface area contributed by atoms with Crippen LogP contribution in [0.25, 0.3) is 0 Å². The van der Waals surface area contributed by atoms with E-state index in [1.54, 1.807) is 41.5 Å². The molecule has 3 fully saturated rings. The molecule has 0 radical (unpaired) electrons. The normalized spacial score (nSPS) is 17.2. The van der Waals surface area contributed by atoms with Gasteiger partial charge < -0.3 is 44.1 Å². The van der Waals surface area contributed by atoms with Gasteiger partial charge in [0.05, 0.1) is 63.8 Å². The first-order valence-electron chi connectivity index (χ1n) is 17.4. The van der Waals surface area contributed by atoms with Crippen LogP contribution < -0.4 is 56.5 Å². The summed E-state index contributed by atoms with van der Waals surface area (Å²) in [6, 6.07) is 0. The van der Waals surface area contributed by atoms with E-state index in [2.05, 4.69) is 23.7 Å². The molecule has 3 atom stereocenters. The largest absolute Gasteiger partial charge is 1.00 e. The van der Waals surface area contributed by atoms with Crippen LogP contribution in [0.4, 0.5) is 88.1 Å². The summed E-state index contributed by atoms with van der Waals surface area (Å²) < 4.78 is 262. The maximum atomic E-state index is 12.0. The number of hydrogen-bond acceptors (Lipinski definition) is 15. The number of halogens is 21. The Bertz CT molecular complexity index is 1030. The van der Waals surface area contributed by atoms with Gasteiger partial charge in [0.25, 0.3) is 0 Å². The Kier molecular flexibility index (Phi) is 52.2. The van der Waals surface area contributed by atoms with Crippen molar-refractivity contribution < 1.29 is 212 Å². The summed E-state index contributed by atoms with van der Waals surface area (Å²) in [4.78, 5) is 2.87. The van der Waals surface area contributed by atoms with Crippen LogP contribution in [0.2, 0.25) is 0 Å². The molecule has 414 valence electrons. The zero-order valence-corrected chi connectivity index (χ0v) is 40.7. The SMILES string of the molecule is CC(C)(C)O.CC(C)(C)[O-].ClCC1CO1.FCCOCC1CO1.FCOC(F)(F)OC(F)(F)C(F)(F)OF.FCOC(F)(F)OC(F)(F)C(F)(F)OF.FCOCC1CO1.OCCF.OCF.[K+]. The van der Waals surface area contributed by atoms with E-state index in [1.807, 2.05) is 0 Å². The zero-order valence-electron chi connectivity index (χ0n) is 36.8. The smallest absolute Gasteiger partial charge is 0.850 e. The molecule has 0 amide bonds. The van der Waals surface area contributed by atoms with Gasteiger partial charge in [-0.25, -0.2) is 35.8 Å².